The van der Waals surface area contributed by atoms with Crippen LogP contribution in [0.4, 0.5) is 0 Å². The van der Waals surface area contributed by atoms with E-state index in [1.165, 1.54) is 62.2 Å². The molecule has 0 spiro atoms. The van der Waals surface area contributed by atoms with Crippen molar-refractivity contribution >= 4 is 21.5 Å². The first-order valence-corrected chi connectivity index (χ1v) is 9.70. The van der Waals surface area contributed by atoms with Gasteiger partial charge < -0.3 is 0 Å². The average molecular weight is 338 g/mol. The Morgan fingerprint density at radius 3 is 2.08 bits per heavy atom. The van der Waals surface area contributed by atoms with E-state index in [2.05, 4.69) is 87.5 Å². The maximum atomic E-state index is 2.35. The van der Waals surface area contributed by atoms with E-state index in [4.69, 9.17) is 0 Å². The Labute approximate surface area is 156 Å². The molecule has 4 rings (SSSR count). The first kappa shape index (κ1) is 16.8. The first-order chi connectivity index (χ1) is 12.7. The SMILES string of the molecule is CCCCc1ccc2ccccc2c1-c1c(C)c(C)cc2ccccc12. The number of fused-ring (bicyclic) bond motifs is 2. The van der Waals surface area contributed by atoms with Crippen molar-refractivity contribution in [3.63, 3.8) is 0 Å². The van der Waals surface area contributed by atoms with Crippen LogP contribution < -0.4 is 0 Å². The van der Waals surface area contributed by atoms with Crippen LogP contribution in [-0.4, -0.2) is 0 Å². The van der Waals surface area contributed by atoms with E-state index in [1.54, 1.807) is 0 Å². The lowest BCUT2D eigenvalue weighted by Crippen LogP contribution is -1.97. The molecule has 4 aromatic rings. The van der Waals surface area contributed by atoms with Gasteiger partial charge in [-0.05, 0) is 76.1 Å². The van der Waals surface area contributed by atoms with Crippen LogP contribution in [-0.2, 0) is 6.42 Å². The van der Waals surface area contributed by atoms with Crippen LogP contribution in [0, 0.1) is 13.8 Å². The topological polar surface area (TPSA) is 0 Å². The second-order valence-electron chi connectivity index (χ2n) is 7.34. The van der Waals surface area contributed by atoms with Crippen LogP contribution in [0.15, 0.2) is 66.7 Å². The van der Waals surface area contributed by atoms with Gasteiger partial charge in [-0.2, -0.15) is 0 Å². The van der Waals surface area contributed by atoms with Crippen molar-refractivity contribution in [3.05, 3.63) is 83.4 Å². The van der Waals surface area contributed by atoms with Crippen molar-refractivity contribution in [2.45, 2.75) is 40.0 Å². The Kier molecular flexibility index (Phi) is 4.51. The maximum absolute atomic E-state index is 2.35. The van der Waals surface area contributed by atoms with Gasteiger partial charge in [0.05, 0.1) is 0 Å². The molecule has 0 aromatic heterocycles. The summed E-state index contributed by atoms with van der Waals surface area (Å²) in [5, 5.41) is 5.40. The average Bonchev–Trinajstić information content (AvgIpc) is 2.67. The highest BCUT2D eigenvalue weighted by Gasteiger charge is 2.16. The Hall–Kier alpha value is -2.60. The summed E-state index contributed by atoms with van der Waals surface area (Å²) in [6, 6.07) is 24.6. The van der Waals surface area contributed by atoms with Crippen LogP contribution in [0.3, 0.4) is 0 Å². The maximum Gasteiger partial charge on any atom is -0.00643 e. The van der Waals surface area contributed by atoms with Crippen LogP contribution >= 0.6 is 0 Å². The summed E-state index contributed by atoms with van der Waals surface area (Å²) < 4.78 is 0. The molecule has 4 aromatic carbocycles. The molecule has 0 unspecified atom stereocenters. The summed E-state index contributed by atoms with van der Waals surface area (Å²) in [5.41, 5.74) is 7.10. The Morgan fingerprint density at radius 1 is 0.692 bits per heavy atom. The fraction of sp³-hybridized carbons (Fsp3) is 0.231. The molecular formula is C26H26. The summed E-state index contributed by atoms with van der Waals surface area (Å²) in [7, 11) is 0. The smallest absolute Gasteiger partial charge is 0.00643 e. The summed E-state index contributed by atoms with van der Waals surface area (Å²) in [6.45, 7) is 6.79. The van der Waals surface area contributed by atoms with Crippen LogP contribution in [0.5, 0.6) is 0 Å². The molecule has 130 valence electrons. The molecule has 0 saturated carbocycles. The van der Waals surface area contributed by atoms with E-state index in [9.17, 15) is 0 Å². The minimum atomic E-state index is 1.14. The molecule has 0 heteroatoms. The highest BCUT2D eigenvalue weighted by atomic mass is 14.2. The third-order valence-electron chi connectivity index (χ3n) is 5.63. The van der Waals surface area contributed by atoms with Crippen LogP contribution in [0.2, 0.25) is 0 Å². The molecular weight excluding hydrogens is 312 g/mol. The lowest BCUT2D eigenvalue weighted by Gasteiger charge is -2.19. The predicted molar refractivity (Wildman–Crippen MR) is 115 cm³/mol. The normalized spacial score (nSPS) is 11.3. The van der Waals surface area contributed by atoms with Crippen molar-refractivity contribution in [2.24, 2.45) is 0 Å². The zero-order chi connectivity index (χ0) is 18.1. The summed E-state index contributed by atoms with van der Waals surface area (Å²) >= 11 is 0. The largest absolute Gasteiger partial charge is 0.0654 e. The molecule has 0 fully saturated rings. The Balaban J connectivity index is 2.14. The Morgan fingerprint density at radius 2 is 1.35 bits per heavy atom. The molecule has 0 aliphatic carbocycles. The minimum absolute atomic E-state index is 1.14. The van der Waals surface area contributed by atoms with Crippen LogP contribution in [0.1, 0.15) is 36.5 Å². The van der Waals surface area contributed by atoms with E-state index in [0.29, 0.717) is 0 Å². The highest BCUT2D eigenvalue weighted by Crippen LogP contribution is 2.40. The quantitative estimate of drug-likeness (QED) is 0.359. The molecule has 0 aliphatic heterocycles. The van der Waals surface area contributed by atoms with E-state index >= 15 is 0 Å². The molecule has 0 radical (unpaired) electrons. The third-order valence-corrected chi connectivity index (χ3v) is 5.63. The third kappa shape index (κ3) is 2.80. The van der Waals surface area contributed by atoms with E-state index in [-0.39, 0.29) is 0 Å². The van der Waals surface area contributed by atoms with Crippen molar-refractivity contribution < 1.29 is 0 Å². The molecule has 26 heavy (non-hydrogen) atoms. The van der Waals surface area contributed by atoms with Gasteiger partial charge in [0.15, 0.2) is 0 Å². The number of hydrogen-bond donors (Lipinski definition) is 0. The predicted octanol–water partition coefficient (Wildman–Crippen LogP) is 7.62. The summed E-state index contributed by atoms with van der Waals surface area (Å²) in [4.78, 5) is 0. The lowest BCUT2D eigenvalue weighted by atomic mass is 9.84. The van der Waals surface area contributed by atoms with Crippen molar-refractivity contribution in [3.8, 4) is 11.1 Å². The molecule has 0 aliphatic rings. The number of unbranched alkanes of at least 4 members (excludes halogenated alkanes) is 1. The van der Waals surface area contributed by atoms with Gasteiger partial charge in [0.25, 0.3) is 0 Å². The molecule has 0 atom stereocenters. The minimum Gasteiger partial charge on any atom is -0.0654 e. The summed E-state index contributed by atoms with van der Waals surface area (Å²) in [6.07, 6.45) is 3.59. The van der Waals surface area contributed by atoms with Gasteiger partial charge in [-0.25, -0.2) is 0 Å². The zero-order valence-electron chi connectivity index (χ0n) is 16.0. The number of rotatable bonds is 4. The van der Waals surface area contributed by atoms with Gasteiger partial charge in [0, 0.05) is 0 Å². The molecule has 0 amide bonds. The van der Waals surface area contributed by atoms with E-state index in [1.807, 2.05) is 0 Å². The van der Waals surface area contributed by atoms with Crippen molar-refractivity contribution in [2.75, 3.05) is 0 Å². The number of benzene rings is 4. The molecule has 0 nitrogen and oxygen atoms in total. The summed E-state index contributed by atoms with van der Waals surface area (Å²) in [5.74, 6) is 0. The number of hydrogen-bond acceptors (Lipinski definition) is 0. The van der Waals surface area contributed by atoms with Gasteiger partial charge in [0.1, 0.15) is 0 Å². The number of aryl methyl sites for hydroxylation is 2. The van der Waals surface area contributed by atoms with Gasteiger partial charge in [-0.3, -0.25) is 0 Å². The van der Waals surface area contributed by atoms with E-state index in [0.717, 1.165) is 6.42 Å². The van der Waals surface area contributed by atoms with Gasteiger partial charge >= 0.3 is 0 Å². The lowest BCUT2D eigenvalue weighted by molar-refractivity contribution is 0.797. The fourth-order valence-electron chi connectivity index (χ4n) is 4.10. The molecule has 0 bridgehead atoms. The molecule has 0 saturated heterocycles. The van der Waals surface area contributed by atoms with Crippen LogP contribution in [0.25, 0.3) is 32.7 Å². The monoisotopic (exact) mass is 338 g/mol. The first-order valence-electron chi connectivity index (χ1n) is 9.70. The van der Waals surface area contributed by atoms with Gasteiger partial charge in [-0.1, -0.05) is 80.1 Å². The Bertz CT molecular complexity index is 1090. The second kappa shape index (κ2) is 6.96. The van der Waals surface area contributed by atoms with Gasteiger partial charge in [0.2, 0.25) is 0 Å². The van der Waals surface area contributed by atoms with Gasteiger partial charge in [-0.15, -0.1) is 0 Å². The standard InChI is InChI=1S/C26H26/c1-4-5-10-21-16-15-20-11-6-8-13-23(20)26(21)25-19(3)18(2)17-22-12-7-9-14-24(22)25/h6-9,11-17H,4-5,10H2,1-3H3. The fourth-order valence-corrected chi connectivity index (χ4v) is 4.10. The zero-order valence-corrected chi connectivity index (χ0v) is 16.0. The van der Waals surface area contributed by atoms with E-state index < -0.39 is 0 Å². The molecule has 0 N–H and O–H groups in total. The van der Waals surface area contributed by atoms with Crippen molar-refractivity contribution in [1.82, 2.24) is 0 Å². The highest BCUT2D eigenvalue weighted by molar-refractivity contribution is 6.08. The second-order valence-corrected chi connectivity index (χ2v) is 7.34. The molecule has 0 heterocycles. The van der Waals surface area contributed by atoms with Crippen molar-refractivity contribution in [1.29, 1.82) is 0 Å².